The number of amides is 3. The Morgan fingerprint density at radius 2 is 2.22 bits per heavy atom. The molecule has 2 N–H and O–H groups in total. The van der Waals surface area contributed by atoms with Crippen LogP contribution in [0, 0.1) is 0 Å². The van der Waals surface area contributed by atoms with Gasteiger partial charge in [0, 0.05) is 19.3 Å². The molecule has 2 rings (SSSR count). The molecule has 6 nitrogen and oxygen atoms in total. The van der Waals surface area contributed by atoms with Gasteiger partial charge >= 0.3 is 6.03 Å². The number of ether oxygens (including phenoxy) is 1. The van der Waals surface area contributed by atoms with Crippen LogP contribution in [0.15, 0.2) is 18.2 Å². The number of hydrogen-bond donors (Lipinski definition) is 2. The fraction of sp³-hybridized carbons (Fsp3) is 0.500. The van der Waals surface area contributed by atoms with Crippen molar-refractivity contribution in [1.82, 2.24) is 10.2 Å². The minimum atomic E-state index is -0.414. The predicted octanol–water partition coefficient (Wildman–Crippen LogP) is 2.87. The summed E-state index contributed by atoms with van der Waals surface area (Å²) in [5.74, 6) is 0.454. The lowest BCUT2D eigenvalue weighted by Crippen LogP contribution is -2.46. The fourth-order valence-electron chi connectivity index (χ4n) is 2.55. The van der Waals surface area contributed by atoms with Gasteiger partial charge < -0.3 is 20.3 Å². The quantitative estimate of drug-likeness (QED) is 0.866. The molecule has 3 amide bonds. The number of likely N-dealkylation sites (tertiary alicyclic amines) is 1. The third kappa shape index (κ3) is 4.28. The Kier molecular flexibility index (Phi) is 6.10. The van der Waals surface area contributed by atoms with E-state index in [4.69, 9.17) is 16.3 Å². The molecule has 1 heterocycles. The van der Waals surface area contributed by atoms with E-state index < -0.39 is 6.04 Å². The number of nitrogens with one attached hydrogen (secondary N) is 2. The van der Waals surface area contributed by atoms with Gasteiger partial charge in [0.25, 0.3) is 0 Å². The van der Waals surface area contributed by atoms with Gasteiger partial charge in [0.2, 0.25) is 5.91 Å². The van der Waals surface area contributed by atoms with E-state index in [1.165, 1.54) is 0 Å². The summed E-state index contributed by atoms with van der Waals surface area (Å²) < 4.78 is 5.50. The van der Waals surface area contributed by atoms with Crippen LogP contribution in [0.25, 0.3) is 0 Å². The highest BCUT2D eigenvalue weighted by atomic mass is 35.5. The number of likely N-dealkylation sites (N-methyl/N-ethyl adjacent to an activating group) is 1. The highest BCUT2D eigenvalue weighted by Gasteiger charge is 2.33. The average molecular weight is 340 g/mol. The van der Waals surface area contributed by atoms with Crippen molar-refractivity contribution in [1.29, 1.82) is 0 Å². The number of anilines is 1. The summed E-state index contributed by atoms with van der Waals surface area (Å²) in [5, 5.41) is 5.82. The number of urea groups is 1. The van der Waals surface area contributed by atoms with Crippen molar-refractivity contribution in [2.75, 3.05) is 25.5 Å². The molecule has 1 atom stereocenters. The summed E-state index contributed by atoms with van der Waals surface area (Å²) in [5.41, 5.74) is 0.575. The molecule has 126 valence electrons. The lowest BCUT2D eigenvalue weighted by Gasteiger charge is -2.23. The second-order valence-corrected chi connectivity index (χ2v) is 5.80. The Labute approximate surface area is 141 Å². The molecule has 0 radical (unpaired) electrons. The summed E-state index contributed by atoms with van der Waals surface area (Å²) in [4.78, 5) is 25.7. The molecule has 23 heavy (non-hydrogen) atoms. The van der Waals surface area contributed by atoms with E-state index in [0.29, 0.717) is 36.0 Å². The normalized spacial score (nSPS) is 17.0. The standard InChI is InChI=1S/C16H22ClN3O3/c1-3-9-23-14-7-6-11(10-12(14)17)19-16(22)20-8-4-5-13(20)15(21)18-2/h6-7,10,13H,3-5,8-9H2,1-2H3,(H,18,21)(H,19,22)/t13-/m1/s1. The van der Waals surface area contributed by atoms with Crippen molar-refractivity contribution in [3.63, 3.8) is 0 Å². The van der Waals surface area contributed by atoms with Gasteiger partial charge in [-0.1, -0.05) is 18.5 Å². The number of halogens is 1. The molecule has 1 aromatic rings. The Morgan fingerprint density at radius 1 is 1.43 bits per heavy atom. The van der Waals surface area contributed by atoms with Crippen LogP contribution >= 0.6 is 11.6 Å². The predicted molar refractivity (Wildman–Crippen MR) is 90.1 cm³/mol. The molecule has 1 aliphatic heterocycles. The highest BCUT2D eigenvalue weighted by molar-refractivity contribution is 6.32. The molecule has 1 aliphatic rings. The van der Waals surface area contributed by atoms with E-state index in [-0.39, 0.29) is 11.9 Å². The second kappa shape index (κ2) is 8.06. The Morgan fingerprint density at radius 3 is 2.87 bits per heavy atom. The lowest BCUT2D eigenvalue weighted by atomic mass is 10.2. The Balaban J connectivity index is 2.02. The maximum absolute atomic E-state index is 12.4. The van der Waals surface area contributed by atoms with Gasteiger partial charge in [-0.05, 0) is 37.5 Å². The van der Waals surface area contributed by atoms with Gasteiger partial charge in [0.05, 0.1) is 11.6 Å². The smallest absolute Gasteiger partial charge is 0.322 e. The van der Waals surface area contributed by atoms with Crippen molar-refractivity contribution >= 4 is 29.2 Å². The molecule has 1 fully saturated rings. The van der Waals surface area contributed by atoms with E-state index in [1.54, 1.807) is 30.1 Å². The largest absolute Gasteiger partial charge is 0.492 e. The number of nitrogens with zero attached hydrogens (tertiary/aromatic N) is 1. The van der Waals surface area contributed by atoms with Crippen LogP contribution in [0.5, 0.6) is 5.75 Å². The zero-order valence-electron chi connectivity index (χ0n) is 13.4. The van der Waals surface area contributed by atoms with Crippen LogP contribution in [0.3, 0.4) is 0 Å². The molecule has 0 aliphatic carbocycles. The van der Waals surface area contributed by atoms with Crippen molar-refractivity contribution in [3.05, 3.63) is 23.2 Å². The topological polar surface area (TPSA) is 70.7 Å². The molecule has 0 spiro atoms. The first kappa shape index (κ1) is 17.4. The van der Waals surface area contributed by atoms with Crippen LogP contribution < -0.4 is 15.4 Å². The average Bonchev–Trinajstić information content (AvgIpc) is 3.03. The van der Waals surface area contributed by atoms with Crippen molar-refractivity contribution in [2.24, 2.45) is 0 Å². The van der Waals surface area contributed by atoms with E-state index in [9.17, 15) is 9.59 Å². The summed E-state index contributed by atoms with van der Waals surface area (Å²) in [6.07, 6.45) is 2.39. The third-order valence-corrected chi connectivity index (χ3v) is 4.00. The number of hydrogen-bond acceptors (Lipinski definition) is 3. The lowest BCUT2D eigenvalue weighted by molar-refractivity contribution is -0.124. The molecule has 1 aromatic carbocycles. The van der Waals surface area contributed by atoms with Crippen molar-refractivity contribution < 1.29 is 14.3 Å². The van der Waals surface area contributed by atoms with Crippen molar-refractivity contribution in [2.45, 2.75) is 32.2 Å². The van der Waals surface area contributed by atoms with Gasteiger partial charge in [-0.2, -0.15) is 0 Å². The molecule has 7 heteroatoms. The van der Waals surface area contributed by atoms with Gasteiger partial charge in [-0.25, -0.2) is 4.79 Å². The van der Waals surface area contributed by atoms with Gasteiger partial charge in [0.1, 0.15) is 11.8 Å². The fourth-order valence-corrected chi connectivity index (χ4v) is 2.79. The van der Waals surface area contributed by atoms with E-state index in [2.05, 4.69) is 10.6 Å². The van der Waals surface area contributed by atoms with Crippen LogP contribution in [0.1, 0.15) is 26.2 Å². The summed E-state index contributed by atoms with van der Waals surface area (Å²) in [7, 11) is 1.57. The van der Waals surface area contributed by atoms with Crippen LogP contribution in [0.2, 0.25) is 5.02 Å². The summed E-state index contributed by atoms with van der Waals surface area (Å²) in [6.45, 7) is 3.17. The molecular formula is C16H22ClN3O3. The van der Waals surface area contributed by atoms with E-state index >= 15 is 0 Å². The molecule has 0 bridgehead atoms. The number of carbonyl (C=O) groups is 2. The minimum Gasteiger partial charge on any atom is -0.492 e. The monoisotopic (exact) mass is 339 g/mol. The first-order valence-electron chi connectivity index (χ1n) is 7.78. The Bertz CT molecular complexity index is 580. The molecule has 1 saturated heterocycles. The van der Waals surface area contributed by atoms with Gasteiger partial charge in [0.15, 0.2) is 0 Å². The SMILES string of the molecule is CCCOc1ccc(NC(=O)N2CCC[C@@H]2C(=O)NC)cc1Cl. The minimum absolute atomic E-state index is 0.140. The number of benzene rings is 1. The summed E-state index contributed by atoms with van der Waals surface area (Å²) >= 11 is 6.16. The van der Waals surface area contributed by atoms with Crippen molar-refractivity contribution in [3.8, 4) is 5.75 Å². The van der Waals surface area contributed by atoms with Crippen LogP contribution in [0.4, 0.5) is 10.5 Å². The molecule has 0 unspecified atom stereocenters. The first-order valence-corrected chi connectivity index (χ1v) is 8.16. The van der Waals surface area contributed by atoms with Gasteiger partial charge in [-0.15, -0.1) is 0 Å². The number of carbonyl (C=O) groups excluding carboxylic acids is 2. The summed E-state index contributed by atoms with van der Waals surface area (Å²) in [6, 6.07) is 4.40. The maximum Gasteiger partial charge on any atom is 0.322 e. The van der Waals surface area contributed by atoms with Crippen LogP contribution in [-0.4, -0.2) is 43.1 Å². The Hall–Kier alpha value is -1.95. The first-order chi connectivity index (χ1) is 11.1. The molecule has 0 saturated carbocycles. The van der Waals surface area contributed by atoms with E-state index in [0.717, 1.165) is 12.8 Å². The zero-order valence-corrected chi connectivity index (χ0v) is 14.2. The second-order valence-electron chi connectivity index (χ2n) is 5.39. The third-order valence-electron chi connectivity index (χ3n) is 3.71. The van der Waals surface area contributed by atoms with E-state index in [1.807, 2.05) is 6.92 Å². The zero-order chi connectivity index (χ0) is 16.8. The highest BCUT2D eigenvalue weighted by Crippen LogP contribution is 2.28. The molecule has 0 aromatic heterocycles. The maximum atomic E-state index is 12.4. The molecular weight excluding hydrogens is 318 g/mol. The number of rotatable bonds is 5. The van der Waals surface area contributed by atoms with Crippen LogP contribution in [-0.2, 0) is 4.79 Å². The van der Waals surface area contributed by atoms with Gasteiger partial charge in [-0.3, -0.25) is 4.79 Å².